The fourth-order valence-corrected chi connectivity index (χ4v) is 2.57. The lowest BCUT2D eigenvalue weighted by molar-refractivity contribution is -0.137. The summed E-state index contributed by atoms with van der Waals surface area (Å²) in [7, 11) is 0. The highest BCUT2D eigenvalue weighted by molar-refractivity contribution is 6.04. The molecule has 2 aliphatic rings. The van der Waals surface area contributed by atoms with E-state index < -0.39 is 17.8 Å². The number of anilines is 1. The first kappa shape index (κ1) is 16.6. The number of nitrogens with zero attached hydrogens (tertiary/aromatic N) is 1. The lowest BCUT2D eigenvalue weighted by Crippen LogP contribution is -2.31. The highest BCUT2D eigenvalue weighted by atomic mass is 19.4. The number of rotatable bonds is 4. The minimum Gasteiger partial charge on any atom is -0.442 e. The van der Waals surface area contributed by atoms with Crippen LogP contribution in [0.5, 0.6) is 0 Å². The van der Waals surface area contributed by atoms with Crippen LogP contribution in [-0.2, 0) is 15.7 Å². The highest BCUT2D eigenvalue weighted by Crippen LogP contribution is 2.36. The van der Waals surface area contributed by atoms with Gasteiger partial charge in [0.25, 0.3) is 0 Å². The molecule has 6 nitrogen and oxygen atoms in total. The van der Waals surface area contributed by atoms with Gasteiger partial charge >= 0.3 is 12.3 Å². The summed E-state index contributed by atoms with van der Waals surface area (Å²) >= 11 is 0. The molecule has 1 amide bonds. The third-order valence-electron chi connectivity index (χ3n) is 3.89. The van der Waals surface area contributed by atoms with Crippen LogP contribution in [0.1, 0.15) is 17.5 Å². The molecule has 1 unspecified atom stereocenters. The molecule has 0 spiro atoms. The Balaban J connectivity index is 1.82. The van der Waals surface area contributed by atoms with Gasteiger partial charge in [-0.3, -0.25) is 0 Å². The summed E-state index contributed by atoms with van der Waals surface area (Å²) in [4.78, 5) is 10.9. The summed E-state index contributed by atoms with van der Waals surface area (Å²) in [5, 5.41) is 6.59. The van der Waals surface area contributed by atoms with E-state index in [1.807, 2.05) is 0 Å². The molecule has 3 rings (SSSR count). The molecule has 2 heterocycles. The number of benzene rings is 1. The normalized spacial score (nSPS) is 21.0. The van der Waals surface area contributed by atoms with E-state index in [1.165, 1.54) is 12.1 Å². The molecule has 1 saturated heterocycles. The van der Waals surface area contributed by atoms with Gasteiger partial charge in [-0.05, 0) is 18.6 Å². The standard InChI is InChI=1S/C15H16F3N3O3/c16-15(17,18)11-5-10(13-8-24-14(22)21-20-13)1-2-12(11)19-6-9-3-4-23-7-9/h1-2,5,9,19H,3-4,6-8H2,(H,21,22). The third kappa shape index (κ3) is 3.78. The molecular weight excluding hydrogens is 327 g/mol. The molecule has 2 aliphatic heterocycles. The number of cyclic esters (lactones) is 1. The van der Waals surface area contributed by atoms with E-state index in [-0.39, 0.29) is 29.5 Å². The fraction of sp³-hybridized carbons (Fsp3) is 0.467. The monoisotopic (exact) mass is 343 g/mol. The van der Waals surface area contributed by atoms with Crippen molar-refractivity contribution in [1.29, 1.82) is 0 Å². The van der Waals surface area contributed by atoms with Gasteiger partial charge in [-0.15, -0.1) is 0 Å². The van der Waals surface area contributed by atoms with Crippen LogP contribution in [0.25, 0.3) is 0 Å². The van der Waals surface area contributed by atoms with Gasteiger partial charge in [0, 0.05) is 30.3 Å². The molecule has 0 bridgehead atoms. The van der Waals surface area contributed by atoms with E-state index >= 15 is 0 Å². The zero-order valence-corrected chi connectivity index (χ0v) is 12.7. The van der Waals surface area contributed by atoms with Crippen molar-refractivity contribution in [2.24, 2.45) is 11.0 Å². The van der Waals surface area contributed by atoms with E-state index in [1.54, 1.807) is 0 Å². The van der Waals surface area contributed by atoms with Crippen molar-refractivity contribution in [2.45, 2.75) is 12.6 Å². The Hall–Kier alpha value is -2.29. The van der Waals surface area contributed by atoms with Gasteiger partial charge in [0.15, 0.2) is 0 Å². The second-order valence-electron chi connectivity index (χ2n) is 5.62. The van der Waals surface area contributed by atoms with Crippen LogP contribution in [0, 0.1) is 5.92 Å². The second-order valence-corrected chi connectivity index (χ2v) is 5.62. The molecule has 24 heavy (non-hydrogen) atoms. The van der Waals surface area contributed by atoms with Crippen LogP contribution in [0.2, 0.25) is 0 Å². The maximum atomic E-state index is 13.4. The predicted molar refractivity (Wildman–Crippen MR) is 79.9 cm³/mol. The van der Waals surface area contributed by atoms with Crippen molar-refractivity contribution in [1.82, 2.24) is 5.43 Å². The van der Waals surface area contributed by atoms with Gasteiger partial charge in [0.2, 0.25) is 0 Å². The van der Waals surface area contributed by atoms with E-state index in [0.29, 0.717) is 19.8 Å². The summed E-state index contributed by atoms with van der Waals surface area (Å²) in [6.07, 6.45) is -4.41. The maximum absolute atomic E-state index is 13.4. The van der Waals surface area contributed by atoms with Crippen molar-refractivity contribution in [2.75, 3.05) is 31.7 Å². The molecule has 0 saturated carbocycles. The van der Waals surface area contributed by atoms with Crippen molar-refractivity contribution in [3.05, 3.63) is 29.3 Å². The van der Waals surface area contributed by atoms with Gasteiger partial charge in [-0.2, -0.15) is 18.3 Å². The maximum Gasteiger partial charge on any atom is 0.428 e. The van der Waals surface area contributed by atoms with Crippen LogP contribution < -0.4 is 10.7 Å². The summed E-state index contributed by atoms with van der Waals surface area (Å²) in [6, 6.07) is 3.89. The number of carbonyl (C=O) groups excluding carboxylic acids is 1. The van der Waals surface area contributed by atoms with Gasteiger partial charge < -0.3 is 14.8 Å². The molecule has 130 valence electrons. The molecule has 0 aliphatic carbocycles. The molecule has 1 aromatic carbocycles. The zero-order valence-electron chi connectivity index (χ0n) is 12.7. The van der Waals surface area contributed by atoms with E-state index in [9.17, 15) is 18.0 Å². The average molecular weight is 343 g/mol. The first-order valence-corrected chi connectivity index (χ1v) is 7.46. The summed E-state index contributed by atoms with van der Waals surface area (Å²) in [5.41, 5.74) is 1.80. The summed E-state index contributed by atoms with van der Waals surface area (Å²) in [6.45, 7) is 1.45. The van der Waals surface area contributed by atoms with Crippen LogP contribution >= 0.6 is 0 Å². The van der Waals surface area contributed by atoms with Crippen LogP contribution in [0.3, 0.4) is 0 Å². The topological polar surface area (TPSA) is 72.0 Å². The quantitative estimate of drug-likeness (QED) is 0.881. The average Bonchev–Trinajstić information content (AvgIpc) is 3.06. The SMILES string of the molecule is O=C1NN=C(c2ccc(NCC3CCOC3)c(C(F)(F)F)c2)CO1. The van der Waals surface area contributed by atoms with Gasteiger partial charge in [-0.1, -0.05) is 6.07 Å². The van der Waals surface area contributed by atoms with Crippen LogP contribution in [-0.4, -0.2) is 38.2 Å². The Morgan fingerprint density at radius 3 is 2.83 bits per heavy atom. The van der Waals surface area contributed by atoms with E-state index in [2.05, 4.69) is 15.8 Å². The second kappa shape index (κ2) is 6.68. The molecule has 0 aromatic heterocycles. The van der Waals surface area contributed by atoms with Gasteiger partial charge in [-0.25, -0.2) is 10.2 Å². The zero-order chi connectivity index (χ0) is 17.2. The van der Waals surface area contributed by atoms with Gasteiger partial charge in [0.1, 0.15) is 12.3 Å². The molecular formula is C15H16F3N3O3. The minimum atomic E-state index is -4.51. The van der Waals surface area contributed by atoms with Crippen molar-refractivity contribution < 1.29 is 27.4 Å². The first-order valence-electron chi connectivity index (χ1n) is 7.46. The smallest absolute Gasteiger partial charge is 0.428 e. The lowest BCUT2D eigenvalue weighted by Gasteiger charge is -2.19. The van der Waals surface area contributed by atoms with Crippen molar-refractivity contribution >= 4 is 17.5 Å². The molecule has 9 heteroatoms. The largest absolute Gasteiger partial charge is 0.442 e. The molecule has 1 aromatic rings. The Bertz CT molecular complexity index is 655. The Labute approximate surface area is 136 Å². The van der Waals surface area contributed by atoms with Crippen molar-refractivity contribution in [3.63, 3.8) is 0 Å². The molecule has 1 fully saturated rings. The number of hydrogen-bond acceptors (Lipinski definition) is 5. The van der Waals surface area contributed by atoms with E-state index in [0.717, 1.165) is 12.5 Å². The van der Waals surface area contributed by atoms with Crippen LogP contribution in [0.15, 0.2) is 23.3 Å². The number of halogens is 3. The number of ether oxygens (including phenoxy) is 2. The predicted octanol–water partition coefficient (Wildman–Crippen LogP) is 2.60. The van der Waals surface area contributed by atoms with Gasteiger partial charge in [0.05, 0.1) is 12.2 Å². The Kier molecular flexibility index (Phi) is 4.61. The number of hydrogen-bond donors (Lipinski definition) is 2. The van der Waals surface area contributed by atoms with E-state index in [4.69, 9.17) is 9.47 Å². The summed E-state index contributed by atoms with van der Waals surface area (Å²) < 4.78 is 50.0. The first-order chi connectivity index (χ1) is 11.4. The third-order valence-corrected chi connectivity index (χ3v) is 3.89. The number of carbonyl (C=O) groups is 1. The molecule has 1 atom stereocenters. The number of hydrazone groups is 1. The summed E-state index contributed by atoms with van der Waals surface area (Å²) in [5.74, 6) is 0.206. The number of alkyl halides is 3. The fourth-order valence-electron chi connectivity index (χ4n) is 2.57. The molecule has 2 N–H and O–H groups in total. The van der Waals surface area contributed by atoms with Crippen LogP contribution in [0.4, 0.5) is 23.7 Å². The number of amides is 1. The molecule has 0 radical (unpaired) electrons. The van der Waals surface area contributed by atoms with Crippen molar-refractivity contribution in [3.8, 4) is 0 Å². The highest BCUT2D eigenvalue weighted by Gasteiger charge is 2.34. The lowest BCUT2D eigenvalue weighted by atomic mass is 10.0. The minimum absolute atomic E-state index is 0.0134. The Morgan fingerprint density at radius 2 is 2.21 bits per heavy atom. The Morgan fingerprint density at radius 1 is 1.38 bits per heavy atom. The number of nitrogens with one attached hydrogen (secondary N) is 2.